The molecule has 1 amide bonds. The van der Waals surface area contributed by atoms with E-state index < -0.39 is 6.04 Å². The summed E-state index contributed by atoms with van der Waals surface area (Å²) in [5.41, 5.74) is 2.10. The number of carbonyl (C=O) groups is 1. The monoisotopic (exact) mass is 438 g/mol. The smallest absolute Gasteiger partial charge is 0.254 e. The molecule has 3 heterocycles. The largest absolute Gasteiger partial charge is 0.342 e. The number of aromatic nitrogens is 2. The first-order chi connectivity index (χ1) is 13.4. The van der Waals surface area contributed by atoms with E-state index in [0.29, 0.717) is 26.5 Å². The molecule has 2 aliphatic heterocycles. The zero-order valence-electron chi connectivity index (χ0n) is 15.7. The van der Waals surface area contributed by atoms with Gasteiger partial charge in [-0.3, -0.25) is 4.79 Å². The van der Waals surface area contributed by atoms with Crippen LogP contribution in [-0.4, -0.2) is 33.2 Å². The summed E-state index contributed by atoms with van der Waals surface area (Å²) in [4.78, 5) is 15.6. The zero-order valence-corrected chi connectivity index (χ0v) is 17.9. The molecule has 5 nitrogen and oxygen atoms in total. The van der Waals surface area contributed by atoms with Crippen LogP contribution < -0.4 is 5.32 Å². The number of nitrogens with zero attached hydrogens (tertiary/aromatic N) is 3. The number of halogens is 3. The summed E-state index contributed by atoms with van der Waals surface area (Å²) in [7, 11) is 0. The van der Waals surface area contributed by atoms with Gasteiger partial charge in [-0.25, -0.2) is 4.68 Å². The van der Waals surface area contributed by atoms with Crippen LogP contribution in [-0.2, 0) is 4.79 Å². The van der Waals surface area contributed by atoms with Crippen LogP contribution in [0.15, 0.2) is 35.7 Å². The molecule has 1 N–H and O–H groups in total. The molecule has 2 aliphatic rings. The molecule has 0 saturated carbocycles. The quantitative estimate of drug-likeness (QED) is 0.684. The lowest BCUT2D eigenvalue weighted by Gasteiger charge is -2.34. The van der Waals surface area contributed by atoms with Crippen LogP contribution in [0.1, 0.15) is 44.7 Å². The molecule has 1 fully saturated rings. The number of rotatable bonds is 3. The fourth-order valence-electron chi connectivity index (χ4n) is 4.20. The molecule has 2 atom stereocenters. The van der Waals surface area contributed by atoms with Gasteiger partial charge in [0.2, 0.25) is 0 Å². The summed E-state index contributed by atoms with van der Waals surface area (Å²) in [6, 6.07) is 5.20. The van der Waals surface area contributed by atoms with Crippen molar-refractivity contribution >= 4 is 46.5 Å². The maximum Gasteiger partial charge on any atom is 0.254 e. The Hall–Kier alpha value is -1.69. The van der Waals surface area contributed by atoms with Gasteiger partial charge >= 0.3 is 0 Å². The van der Waals surface area contributed by atoms with Gasteiger partial charge in [0.1, 0.15) is 16.9 Å². The number of allylic oxidation sites excluding steroid dienone is 1. The average molecular weight is 440 g/mol. The number of anilines is 1. The van der Waals surface area contributed by atoms with E-state index in [2.05, 4.69) is 17.3 Å². The number of fused-ring (bicyclic) bond motifs is 1. The summed E-state index contributed by atoms with van der Waals surface area (Å²) < 4.78 is 1.72. The van der Waals surface area contributed by atoms with Crippen LogP contribution >= 0.6 is 34.8 Å². The van der Waals surface area contributed by atoms with E-state index in [9.17, 15) is 4.79 Å². The van der Waals surface area contributed by atoms with E-state index >= 15 is 0 Å². The maximum absolute atomic E-state index is 13.7. The van der Waals surface area contributed by atoms with Crippen molar-refractivity contribution in [3.8, 4) is 0 Å². The van der Waals surface area contributed by atoms with Crippen LogP contribution in [0.4, 0.5) is 5.82 Å². The molecule has 148 valence electrons. The van der Waals surface area contributed by atoms with Crippen LogP contribution in [0.25, 0.3) is 0 Å². The Balaban J connectivity index is 1.87. The first kappa shape index (κ1) is 19.6. The van der Waals surface area contributed by atoms with Gasteiger partial charge in [-0.15, -0.1) is 0 Å². The van der Waals surface area contributed by atoms with Crippen molar-refractivity contribution in [1.82, 2.24) is 14.7 Å². The number of nitrogens with one attached hydrogen (secondary N) is 1. The predicted octanol–water partition coefficient (Wildman–Crippen LogP) is 5.53. The first-order valence-corrected chi connectivity index (χ1v) is 10.5. The molecule has 0 aliphatic carbocycles. The Morgan fingerprint density at radius 3 is 2.82 bits per heavy atom. The lowest BCUT2D eigenvalue weighted by atomic mass is 9.94. The molecule has 4 rings (SSSR count). The van der Waals surface area contributed by atoms with Gasteiger partial charge in [-0.2, -0.15) is 5.10 Å². The van der Waals surface area contributed by atoms with Gasteiger partial charge in [0.05, 0.1) is 21.8 Å². The molecule has 0 spiro atoms. The van der Waals surface area contributed by atoms with Crippen LogP contribution in [0, 0.1) is 0 Å². The van der Waals surface area contributed by atoms with E-state index in [0.717, 1.165) is 37.1 Å². The number of benzene rings is 1. The van der Waals surface area contributed by atoms with Crippen LogP contribution in [0.3, 0.4) is 0 Å². The highest BCUT2D eigenvalue weighted by Crippen LogP contribution is 2.43. The van der Waals surface area contributed by atoms with Crippen LogP contribution in [0.2, 0.25) is 15.1 Å². The Labute approximate surface area is 179 Å². The van der Waals surface area contributed by atoms with E-state index in [-0.39, 0.29) is 11.9 Å². The second-order valence-corrected chi connectivity index (χ2v) is 8.39. The Bertz CT molecular complexity index is 968. The van der Waals surface area contributed by atoms with E-state index in [1.54, 1.807) is 16.9 Å². The lowest BCUT2D eigenvalue weighted by Crippen LogP contribution is -2.40. The van der Waals surface area contributed by atoms with Gasteiger partial charge in [0.15, 0.2) is 0 Å². The summed E-state index contributed by atoms with van der Waals surface area (Å²) in [6.45, 7) is 4.77. The minimum atomic E-state index is -0.499. The highest BCUT2D eigenvalue weighted by atomic mass is 35.5. The Morgan fingerprint density at radius 1 is 1.29 bits per heavy atom. The molecule has 1 unspecified atom stereocenters. The average Bonchev–Trinajstić information content (AvgIpc) is 3.30. The van der Waals surface area contributed by atoms with Gasteiger partial charge in [-0.05, 0) is 32.3 Å². The standard InChI is InChI=1S/C20H21Cl3N4O/c1-3-12-6-5-9-26(12)20(28)16-11(2)25-19-15(22)10-24-27(19)18(16)13-7-4-8-14(21)17(13)23/h4,7-8,10,12,18,25H,3,5-6,9H2,1-2H3/t12-,18?/m1/s1. The molecule has 2 aromatic rings. The molecule has 1 aromatic heterocycles. The molecule has 1 aromatic carbocycles. The number of hydrogen-bond donors (Lipinski definition) is 1. The van der Waals surface area contributed by atoms with Gasteiger partial charge < -0.3 is 10.2 Å². The van der Waals surface area contributed by atoms with Crippen molar-refractivity contribution < 1.29 is 4.79 Å². The number of hydrogen-bond acceptors (Lipinski definition) is 3. The zero-order chi connectivity index (χ0) is 20.0. The normalized spacial score (nSPS) is 21.7. The molecular formula is C20H21Cl3N4O. The fourth-order valence-corrected chi connectivity index (χ4v) is 4.79. The van der Waals surface area contributed by atoms with E-state index in [4.69, 9.17) is 34.8 Å². The van der Waals surface area contributed by atoms with Gasteiger partial charge in [-0.1, -0.05) is 53.9 Å². The Kier molecular flexibility index (Phi) is 5.34. The van der Waals surface area contributed by atoms with Crippen molar-refractivity contribution in [2.75, 3.05) is 11.9 Å². The van der Waals surface area contributed by atoms with Gasteiger partial charge in [0, 0.05) is 23.8 Å². The maximum atomic E-state index is 13.7. The van der Waals surface area contributed by atoms with Crippen molar-refractivity contribution in [2.45, 2.75) is 45.2 Å². The minimum absolute atomic E-state index is 0.00710. The molecule has 8 heteroatoms. The van der Waals surface area contributed by atoms with Crippen molar-refractivity contribution in [3.63, 3.8) is 0 Å². The molecule has 0 radical (unpaired) electrons. The minimum Gasteiger partial charge on any atom is -0.342 e. The Morgan fingerprint density at radius 2 is 2.07 bits per heavy atom. The second-order valence-electron chi connectivity index (χ2n) is 7.20. The fraction of sp³-hybridized carbons (Fsp3) is 0.400. The van der Waals surface area contributed by atoms with E-state index in [1.807, 2.05) is 24.0 Å². The van der Waals surface area contributed by atoms with E-state index in [1.165, 1.54) is 0 Å². The predicted molar refractivity (Wildman–Crippen MR) is 113 cm³/mol. The second kappa shape index (κ2) is 7.62. The third kappa shape index (κ3) is 3.10. The van der Waals surface area contributed by atoms with Crippen molar-refractivity contribution in [1.29, 1.82) is 0 Å². The highest BCUT2D eigenvalue weighted by molar-refractivity contribution is 6.42. The SMILES string of the molecule is CC[C@@H]1CCCN1C(=O)C1=C(C)Nc2c(Cl)cnn2C1c1cccc(Cl)c1Cl. The van der Waals surface area contributed by atoms with Crippen molar-refractivity contribution in [3.05, 3.63) is 56.3 Å². The third-order valence-electron chi connectivity index (χ3n) is 5.59. The summed E-state index contributed by atoms with van der Waals surface area (Å²) >= 11 is 19.2. The summed E-state index contributed by atoms with van der Waals surface area (Å²) in [5, 5.41) is 9.03. The summed E-state index contributed by atoms with van der Waals surface area (Å²) in [6.07, 6.45) is 4.56. The highest BCUT2D eigenvalue weighted by Gasteiger charge is 2.39. The van der Waals surface area contributed by atoms with Crippen molar-refractivity contribution in [2.24, 2.45) is 0 Å². The number of likely N-dealkylation sites (tertiary alicyclic amines) is 1. The lowest BCUT2D eigenvalue weighted by molar-refractivity contribution is -0.128. The molecule has 1 saturated heterocycles. The number of carbonyl (C=O) groups excluding carboxylic acids is 1. The summed E-state index contributed by atoms with van der Waals surface area (Å²) in [5.74, 6) is 0.651. The molecule has 28 heavy (non-hydrogen) atoms. The topological polar surface area (TPSA) is 50.2 Å². The third-order valence-corrected chi connectivity index (χ3v) is 6.70. The molecular weight excluding hydrogens is 419 g/mol. The number of amides is 1. The van der Waals surface area contributed by atoms with Crippen LogP contribution in [0.5, 0.6) is 0 Å². The molecule has 0 bridgehead atoms. The first-order valence-electron chi connectivity index (χ1n) is 9.39. The van der Waals surface area contributed by atoms with Gasteiger partial charge in [0.25, 0.3) is 5.91 Å².